The third-order valence-corrected chi connectivity index (χ3v) is 2.88. The van der Waals surface area contributed by atoms with Crippen molar-refractivity contribution in [3.05, 3.63) is 18.7 Å². The summed E-state index contributed by atoms with van der Waals surface area (Å²) in [6, 6.07) is 0. The summed E-state index contributed by atoms with van der Waals surface area (Å²) in [5, 5.41) is 16.7. The zero-order chi connectivity index (χ0) is 14.5. The number of aromatic nitrogens is 2. The van der Waals surface area contributed by atoms with Gasteiger partial charge >= 0.3 is 1.43 Å². The molecule has 0 saturated carbocycles. The Morgan fingerprint density at radius 1 is 1.16 bits per heavy atom. The van der Waals surface area contributed by atoms with Gasteiger partial charge in [0, 0.05) is 0 Å². The molecule has 0 aliphatic carbocycles. The van der Waals surface area contributed by atoms with Gasteiger partial charge in [-0.25, -0.2) is 9.13 Å². The van der Waals surface area contributed by atoms with Crippen molar-refractivity contribution in [3.8, 4) is 0 Å². The monoisotopic (exact) mass is 270 g/mol. The highest BCUT2D eigenvalue weighted by Crippen LogP contribution is 2.04. The topological polar surface area (TPSA) is 72.0 Å². The van der Waals surface area contributed by atoms with Crippen LogP contribution >= 0.6 is 0 Å². The van der Waals surface area contributed by atoms with Gasteiger partial charge < -0.3 is 15.0 Å². The van der Waals surface area contributed by atoms with Crippen LogP contribution in [0.1, 0.15) is 53.8 Å². The molecule has 0 aromatic carbocycles. The van der Waals surface area contributed by atoms with E-state index in [1.54, 1.807) is 0 Å². The molecule has 0 bridgehead atoms. The van der Waals surface area contributed by atoms with Crippen LogP contribution in [0.2, 0.25) is 0 Å². The minimum Gasteiger partial charge on any atom is -0.652 e. The SMILES string of the molecule is CCCCCCCC[n+]1ccn(CC)c1.O=C([O-])[O-].[H+]. The van der Waals surface area contributed by atoms with Crippen LogP contribution in [-0.4, -0.2) is 10.7 Å². The van der Waals surface area contributed by atoms with E-state index >= 15 is 0 Å². The van der Waals surface area contributed by atoms with Crippen molar-refractivity contribution in [1.82, 2.24) is 4.57 Å². The largest absolute Gasteiger partial charge is 1.00 e. The molecular formula is C14H26N2O3. The molecule has 0 amide bonds. The lowest BCUT2D eigenvalue weighted by atomic mass is 10.1. The molecule has 1 aromatic heterocycles. The predicted octanol–water partition coefficient (Wildman–Crippen LogP) is 0.821. The van der Waals surface area contributed by atoms with Crippen LogP contribution in [0.5, 0.6) is 0 Å². The highest BCUT2D eigenvalue weighted by atomic mass is 16.6. The van der Waals surface area contributed by atoms with Gasteiger partial charge in [-0.15, -0.1) is 0 Å². The highest BCUT2D eigenvalue weighted by Gasteiger charge is 2.00. The molecule has 0 aliphatic heterocycles. The van der Waals surface area contributed by atoms with Crippen LogP contribution in [0.4, 0.5) is 4.79 Å². The zero-order valence-electron chi connectivity index (χ0n) is 13.0. The third kappa shape index (κ3) is 11.3. The normalized spacial score (nSPS) is 9.79. The van der Waals surface area contributed by atoms with Gasteiger partial charge in [0.15, 0.2) is 0 Å². The fourth-order valence-corrected chi connectivity index (χ4v) is 1.83. The molecule has 0 saturated heterocycles. The average molecular weight is 270 g/mol. The van der Waals surface area contributed by atoms with E-state index in [2.05, 4.69) is 41.7 Å². The van der Waals surface area contributed by atoms with Crippen LogP contribution in [0.15, 0.2) is 18.7 Å². The number of hydrogen-bond donors (Lipinski definition) is 0. The molecule has 0 N–H and O–H groups in total. The highest BCUT2D eigenvalue weighted by molar-refractivity contribution is 5.47. The molecule has 0 radical (unpaired) electrons. The standard InChI is InChI=1S/C13H25N2.CH2O3/c1-3-5-6-7-8-9-10-15-12-11-14(4-2)13-15;2-1(3)4/h11-13H,3-10H2,1-2H3;(H2,2,3,4)/q+1;/p-1. The summed E-state index contributed by atoms with van der Waals surface area (Å²) in [5.41, 5.74) is 0. The maximum Gasteiger partial charge on any atom is 1.00 e. The van der Waals surface area contributed by atoms with E-state index in [9.17, 15) is 0 Å². The molecular weight excluding hydrogens is 244 g/mol. The molecule has 0 unspecified atom stereocenters. The lowest BCUT2D eigenvalue weighted by Gasteiger charge is -1.98. The Balaban J connectivity index is 0. The second-order valence-corrected chi connectivity index (χ2v) is 4.50. The summed E-state index contributed by atoms with van der Waals surface area (Å²) in [4.78, 5) is 8.33. The summed E-state index contributed by atoms with van der Waals surface area (Å²) in [6.07, 6.45) is 12.5. The first-order valence-electron chi connectivity index (χ1n) is 7.03. The van der Waals surface area contributed by atoms with Gasteiger partial charge in [-0.3, -0.25) is 0 Å². The maximum atomic E-state index is 8.33. The number of nitrogens with zero attached hydrogens (tertiary/aromatic N) is 2. The van der Waals surface area contributed by atoms with Crippen LogP contribution in [0, 0.1) is 0 Å². The molecule has 1 aromatic rings. The maximum absolute atomic E-state index is 8.33. The van der Waals surface area contributed by atoms with Crippen molar-refractivity contribution in [3.63, 3.8) is 0 Å². The molecule has 1 rings (SSSR count). The van der Waals surface area contributed by atoms with Crippen molar-refractivity contribution in [2.75, 3.05) is 0 Å². The predicted molar refractivity (Wildman–Crippen MR) is 70.2 cm³/mol. The van der Waals surface area contributed by atoms with Crippen LogP contribution in [0.25, 0.3) is 0 Å². The Hall–Kier alpha value is -1.52. The van der Waals surface area contributed by atoms with Crippen molar-refractivity contribution < 1.29 is 21.0 Å². The van der Waals surface area contributed by atoms with E-state index in [-0.39, 0.29) is 1.43 Å². The number of hydrogen-bond acceptors (Lipinski definition) is 3. The van der Waals surface area contributed by atoms with E-state index in [1.807, 2.05) is 0 Å². The summed E-state index contributed by atoms with van der Waals surface area (Å²) >= 11 is 0. The number of rotatable bonds is 8. The van der Waals surface area contributed by atoms with Crippen molar-refractivity contribution >= 4 is 6.16 Å². The van der Waals surface area contributed by atoms with Gasteiger partial charge in [-0.2, -0.15) is 0 Å². The second kappa shape index (κ2) is 11.6. The Morgan fingerprint density at radius 2 is 1.74 bits per heavy atom. The van der Waals surface area contributed by atoms with Gasteiger partial charge in [0.2, 0.25) is 6.33 Å². The molecule has 110 valence electrons. The first-order chi connectivity index (χ1) is 9.10. The zero-order valence-corrected chi connectivity index (χ0v) is 12.0. The minimum absolute atomic E-state index is 0. The van der Waals surface area contributed by atoms with Crippen molar-refractivity contribution in [2.45, 2.75) is 65.5 Å². The fourth-order valence-electron chi connectivity index (χ4n) is 1.83. The van der Waals surface area contributed by atoms with Gasteiger partial charge in [0.05, 0.1) is 13.1 Å². The molecule has 1 heterocycles. The first kappa shape index (κ1) is 17.5. The fraction of sp³-hybridized carbons (Fsp3) is 0.714. The molecule has 0 fully saturated rings. The van der Waals surface area contributed by atoms with Crippen molar-refractivity contribution in [2.24, 2.45) is 0 Å². The second-order valence-electron chi connectivity index (χ2n) is 4.50. The summed E-state index contributed by atoms with van der Waals surface area (Å²) in [7, 11) is 0. The Kier molecular flexibility index (Phi) is 10.6. The molecule has 5 heteroatoms. The van der Waals surface area contributed by atoms with Gasteiger partial charge in [0.1, 0.15) is 12.4 Å². The van der Waals surface area contributed by atoms with Crippen LogP contribution in [-0.2, 0) is 13.1 Å². The van der Waals surface area contributed by atoms with Gasteiger partial charge in [-0.05, 0) is 25.9 Å². The summed E-state index contributed by atoms with van der Waals surface area (Å²) in [5.74, 6) is 0. The number of carbonyl (C=O) groups is 1. The van der Waals surface area contributed by atoms with E-state index in [0.29, 0.717) is 0 Å². The Morgan fingerprint density at radius 3 is 2.26 bits per heavy atom. The molecule has 0 aliphatic rings. The third-order valence-electron chi connectivity index (χ3n) is 2.88. The lowest BCUT2D eigenvalue weighted by molar-refractivity contribution is -0.696. The average Bonchev–Trinajstić information content (AvgIpc) is 2.81. The first-order valence-corrected chi connectivity index (χ1v) is 7.03. The van der Waals surface area contributed by atoms with E-state index in [1.165, 1.54) is 45.1 Å². The summed E-state index contributed by atoms with van der Waals surface area (Å²) < 4.78 is 4.51. The smallest absolute Gasteiger partial charge is 0.652 e. The minimum atomic E-state index is -2.33. The van der Waals surface area contributed by atoms with Gasteiger partial charge in [0.25, 0.3) is 0 Å². The Labute approximate surface area is 117 Å². The van der Waals surface area contributed by atoms with Gasteiger partial charge in [-0.1, -0.05) is 32.6 Å². The molecule has 0 spiro atoms. The molecule has 5 nitrogen and oxygen atoms in total. The van der Waals surface area contributed by atoms with Crippen LogP contribution in [0.3, 0.4) is 0 Å². The van der Waals surface area contributed by atoms with Crippen LogP contribution < -0.4 is 14.8 Å². The van der Waals surface area contributed by atoms with E-state index in [0.717, 1.165) is 6.54 Å². The van der Waals surface area contributed by atoms with E-state index < -0.39 is 6.16 Å². The number of unbranched alkanes of at least 4 members (excludes halogenated alkanes) is 5. The quantitative estimate of drug-likeness (QED) is 0.518. The number of carbonyl (C=O) groups excluding carboxylic acids is 1. The number of imidazole rings is 1. The van der Waals surface area contributed by atoms with E-state index in [4.69, 9.17) is 15.0 Å². The van der Waals surface area contributed by atoms with Crippen molar-refractivity contribution in [1.29, 1.82) is 0 Å². The number of aryl methyl sites for hydroxylation is 2. The number of carboxylic acid groups (broad SMARTS) is 2. The molecule has 0 atom stereocenters. The lowest BCUT2D eigenvalue weighted by Crippen LogP contribution is -2.37. The Bertz CT molecular complexity index is 339. The molecule has 19 heavy (non-hydrogen) atoms. The summed E-state index contributed by atoms with van der Waals surface area (Å²) in [6.45, 7) is 6.70.